The number of hydrogen-bond acceptors (Lipinski definition) is 14. The van der Waals surface area contributed by atoms with Gasteiger partial charge >= 0.3 is 0 Å². The lowest BCUT2D eigenvalue weighted by molar-refractivity contribution is -0.122. The fourth-order valence-electron chi connectivity index (χ4n) is 14.5. The molecule has 610 valence electrons. The number of aliphatic hydroxyl groups is 1. The van der Waals surface area contributed by atoms with Gasteiger partial charge in [0.2, 0.25) is 11.8 Å². The third-order valence-electron chi connectivity index (χ3n) is 20.9. The number of carbonyl (C=O) groups excluding carboxylic acids is 2. The number of nitrogens with one attached hydrogen (secondary N) is 7. The molecule has 24 nitrogen and oxygen atoms in total. The number of rotatable bonds is 27. The maximum absolute atomic E-state index is 12.7. The predicted molar refractivity (Wildman–Crippen MR) is 473 cm³/mol. The average molecular weight is 1600 g/mol. The summed E-state index contributed by atoms with van der Waals surface area (Å²) < 4.78 is 19.3. The first-order chi connectivity index (χ1) is 58.6. The minimum absolute atomic E-state index is 0.0696. The van der Waals surface area contributed by atoms with E-state index in [0.29, 0.717) is 89.0 Å². The Hall–Kier alpha value is -14.1. The van der Waals surface area contributed by atoms with Crippen LogP contribution in [0.5, 0.6) is 11.5 Å². The van der Waals surface area contributed by atoms with Crippen molar-refractivity contribution in [3.63, 3.8) is 0 Å². The van der Waals surface area contributed by atoms with Crippen molar-refractivity contribution in [1.82, 2.24) is 74.1 Å². The lowest BCUT2D eigenvalue weighted by atomic mass is 10.0. The first-order valence-corrected chi connectivity index (χ1v) is 40.7. The molecule has 8 aromatic heterocycles. The molecule has 9 heterocycles. The predicted octanol–water partition coefficient (Wildman–Crippen LogP) is 16.4. The molecule has 16 aromatic rings. The van der Waals surface area contributed by atoms with Gasteiger partial charge in [-0.1, -0.05) is 179 Å². The molecule has 24 heteroatoms. The summed E-state index contributed by atoms with van der Waals surface area (Å²) in [7, 11) is 0. The van der Waals surface area contributed by atoms with E-state index < -0.39 is 5.60 Å². The van der Waals surface area contributed by atoms with Crippen molar-refractivity contribution < 1.29 is 24.2 Å². The lowest BCUT2D eigenvalue weighted by Crippen LogP contribution is -2.22. The van der Waals surface area contributed by atoms with Gasteiger partial charge in [-0.05, 0) is 152 Å². The molecule has 0 radical (unpaired) electrons. The maximum atomic E-state index is 12.7. The van der Waals surface area contributed by atoms with Crippen molar-refractivity contribution in [1.29, 1.82) is 0 Å². The van der Waals surface area contributed by atoms with E-state index in [1.165, 1.54) is 25.3 Å². The van der Waals surface area contributed by atoms with Crippen molar-refractivity contribution in [2.75, 3.05) is 26.3 Å². The molecule has 1 aliphatic heterocycles. The van der Waals surface area contributed by atoms with Gasteiger partial charge in [0.1, 0.15) is 22.5 Å². The van der Waals surface area contributed by atoms with Crippen molar-refractivity contribution >= 4 is 55.9 Å². The van der Waals surface area contributed by atoms with Gasteiger partial charge in [-0.2, -0.15) is 0 Å². The standard InChI is InChI=1S/2C25H26N4O2.C23H22N4O2.C23H23N3O3/c1-2-3-5-13-22(30)26-15-18-9-8-10-19(14-18)21-16-29(20-11-6-4-7-12-20)24-23(21)25(31)28-17-27-24;1-2-3-5-10-22(30)26-15-18-11-13-19(14-12-18)21-16-29(20-8-6-4-7-9-20)24-23(21)25(31)28-17-27-24;28-23-22-21(25-15-26-23)20(13-27(22)18-4-2-1-3-5-18)17-6-8-19(9-7-17)29-14-16-10-11-24-12-16;1-23(2,28)12-13-29-18-10-8-16(9-11-18)19-14-26(17-6-4-3-5-7-17)21-20(19)22(27)25-15-24-21/h4,6-12,14,16-17H,2-3,5,13,15H2,1H3,(H,26,30)(H,27,28,31);4,6-9,11-14,16-17H,2-3,5,10,15H2,1H3,(H,26,30)(H,27,28,31);1-9,13,15-16,24H,10-12,14H2,(H,25,26,28);3-11,14-15,28H,12-13H2,1-2H3,(H,24,25,27). The van der Waals surface area contributed by atoms with Crippen LogP contribution in [0, 0.1) is 5.92 Å². The van der Waals surface area contributed by atoms with Gasteiger partial charge in [0.05, 0.1) is 60.3 Å². The number of aromatic nitrogens is 12. The summed E-state index contributed by atoms with van der Waals surface area (Å²) in [6, 6.07) is 70.8. The van der Waals surface area contributed by atoms with Crippen LogP contribution < -0.4 is 47.7 Å². The number of amides is 2. The number of nitrogens with zero attached hydrogens (tertiary/aromatic N) is 8. The SMILES string of the molecule is CC(C)(O)CCOc1ccc(-c2cn(-c3ccccc3)c3nc[nH]c(=O)c23)cc1.CCCCCC(=O)NCc1ccc(-c2cn(-c3ccccc3)c3nc[nH]c(=O)c23)cc1.CCCCCC(=O)NCc1cccc(-c2cn(-c3ccccc3)c3nc[nH]c(=O)c23)c1.O=c1[nH]cnc2c(-c3ccc(OCC4CCNC4)cc3)cn(-c3ccccc3)c12. The number of ether oxygens (including phenoxy) is 2. The van der Waals surface area contributed by atoms with Crippen LogP contribution in [0.2, 0.25) is 0 Å². The molecule has 1 saturated heterocycles. The maximum Gasteiger partial charge on any atom is 0.275 e. The molecule has 1 fully saturated rings. The number of benzene rings is 8. The monoisotopic (exact) mass is 1600 g/mol. The van der Waals surface area contributed by atoms with Crippen LogP contribution in [-0.2, 0) is 22.7 Å². The number of unbranched alkanes of at least 4 members (excludes halogenated alkanes) is 4. The molecule has 1 aliphatic rings. The Bertz CT molecular complexity index is 6360. The summed E-state index contributed by atoms with van der Waals surface area (Å²) in [4.78, 5) is 103. The molecule has 8 aromatic carbocycles. The van der Waals surface area contributed by atoms with Crippen molar-refractivity contribution in [2.24, 2.45) is 5.92 Å². The van der Waals surface area contributed by atoms with E-state index in [2.05, 4.69) is 69.7 Å². The van der Waals surface area contributed by atoms with Crippen molar-refractivity contribution in [2.45, 2.75) is 111 Å². The van der Waals surface area contributed by atoms with Crippen LogP contribution >= 0.6 is 0 Å². The Balaban J connectivity index is 0.000000131. The molecule has 0 spiro atoms. The third-order valence-corrected chi connectivity index (χ3v) is 20.9. The zero-order valence-electron chi connectivity index (χ0n) is 67.6. The molecule has 120 heavy (non-hydrogen) atoms. The largest absolute Gasteiger partial charge is 0.493 e. The van der Waals surface area contributed by atoms with Crippen molar-refractivity contribution in [3.05, 3.63) is 321 Å². The Kier molecular flexibility index (Phi) is 26.9. The molecule has 0 saturated carbocycles. The Morgan fingerprint density at radius 2 is 0.858 bits per heavy atom. The van der Waals surface area contributed by atoms with E-state index in [1.54, 1.807) is 13.8 Å². The number of fused-ring (bicyclic) bond motifs is 4. The van der Waals surface area contributed by atoms with Gasteiger partial charge < -0.3 is 68.7 Å². The van der Waals surface area contributed by atoms with Crippen LogP contribution in [0.1, 0.15) is 103 Å². The number of aromatic amines is 4. The molecular weight excluding hydrogens is 1510 g/mol. The summed E-state index contributed by atoms with van der Waals surface area (Å²) in [6.45, 7) is 12.0. The first-order valence-electron chi connectivity index (χ1n) is 40.7. The van der Waals surface area contributed by atoms with E-state index in [9.17, 15) is 33.9 Å². The Labute approximate surface area is 693 Å². The van der Waals surface area contributed by atoms with Gasteiger partial charge in [0, 0.05) is 115 Å². The molecule has 1 unspecified atom stereocenters. The third kappa shape index (κ3) is 20.3. The number of carbonyl (C=O) groups is 2. The summed E-state index contributed by atoms with van der Waals surface area (Å²) in [5.74, 6) is 2.31. The van der Waals surface area contributed by atoms with Crippen LogP contribution in [-0.4, -0.2) is 107 Å². The summed E-state index contributed by atoms with van der Waals surface area (Å²) in [6.07, 6.45) is 22.6. The van der Waals surface area contributed by atoms with Crippen LogP contribution in [0.4, 0.5) is 0 Å². The van der Waals surface area contributed by atoms with Crippen molar-refractivity contribution in [3.8, 4) is 78.8 Å². The molecule has 1 atom stereocenters. The summed E-state index contributed by atoms with van der Waals surface area (Å²) >= 11 is 0. The van der Waals surface area contributed by atoms with Gasteiger partial charge in [0.25, 0.3) is 22.2 Å². The number of hydrogen-bond donors (Lipinski definition) is 8. The van der Waals surface area contributed by atoms with E-state index in [0.717, 1.165) is 155 Å². The zero-order chi connectivity index (χ0) is 83.3. The van der Waals surface area contributed by atoms with E-state index in [-0.39, 0.29) is 34.1 Å². The highest BCUT2D eigenvalue weighted by Crippen LogP contribution is 2.36. The van der Waals surface area contributed by atoms with Gasteiger partial charge in [-0.3, -0.25) is 28.8 Å². The molecular formula is C96H97N15O9. The molecule has 0 aliphatic carbocycles. The lowest BCUT2D eigenvalue weighted by Gasteiger charge is -2.17. The number of para-hydroxylation sites is 4. The highest BCUT2D eigenvalue weighted by molar-refractivity contribution is 5.97. The van der Waals surface area contributed by atoms with E-state index >= 15 is 0 Å². The van der Waals surface area contributed by atoms with E-state index in [4.69, 9.17) is 9.47 Å². The zero-order valence-corrected chi connectivity index (χ0v) is 67.6. The Morgan fingerprint density at radius 1 is 0.450 bits per heavy atom. The first kappa shape index (κ1) is 82.4. The highest BCUT2D eigenvalue weighted by Gasteiger charge is 2.23. The quantitative estimate of drug-likeness (QED) is 0.0222. The van der Waals surface area contributed by atoms with Gasteiger partial charge in [0.15, 0.2) is 16.9 Å². The minimum Gasteiger partial charge on any atom is -0.493 e. The Morgan fingerprint density at radius 3 is 1.31 bits per heavy atom. The van der Waals surface area contributed by atoms with Crippen LogP contribution in [0.3, 0.4) is 0 Å². The second-order valence-corrected chi connectivity index (χ2v) is 30.2. The second kappa shape index (κ2) is 39.2. The normalized spacial score (nSPS) is 12.5. The molecule has 2 amide bonds. The smallest absolute Gasteiger partial charge is 0.275 e. The minimum atomic E-state index is -0.757. The molecule has 17 rings (SSSR count). The average Bonchev–Trinajstić information content (AvgIpc) is 1.63. The van der Waals surface area contributed by atoms with Crippen LogP contribution in [0.15, 0.2) is 288 Å². The summed E-state index contributed by atoms with van der Waals surface area (Å²) in [5.41, 5.74) is 14.5. The number of H-pyrrole nitrogens is 4. The van der Waals surface area contributed by atoms with Gasteiger partial charge in [-0.15, -0.1) is 0 Å². The van der Waals surface area contributed by atoms with E-state index in [1.807, 2.05) is 261 Å². The highest BCUT2D eigenvalue weighted by atomic mass is 16.5. The molecule has 0 bridgehead atoms. The molecule has 8 N–H and O–H groups in total. The second-order valence-electron chi connectivity index (χ2n) is 30.2. The van der Waals surface area contributed by atoms with Gasteiger partial charge in [-0.25, -0.2) is 19.9 Å². The van der Waals surface area contributed by atoms with Crippen LogP contribution in [0.25, 0.3) is 111 Å². The summed E-state index contributed by atoms with van der Waals surface area (Å²) in [5, 5.41) is 20.8. The topological polar surface area (TPSA) is 312 Å². The fourth-order valence-corrected chi connectivity index (χ4v) is 14.5. The fraction of sp³-hybridized carbons (Fsp3) is 0.229.